The van der Waals surface area contributed by atoms with E-state index in [1.54, 1.807) is 12.1 Å². The van der Waals surface area contributed by atoms with Gasteiger partial charge in [-0.25, -0.2) is 9.82 Å². The average Bonchev–Trinajstić information content (AvgIpc) is 2.78. The Kier molecular flexibility index (Phi) is 7.96. The van der Waals surface area contributed by atoms with Crippen molar-refractivity contribution in [2.24, 2.45) is 5.10 Å². The number of aromatic nitrogens is 3. The van der Waals surface area contributed by atoms with Crippen LogP contribution in [-0.4, -0.2) is 27.5 Å². The van der Waals surface area contributed by atoms with E-state index < -0.39 is 12.2 Å². The monoisotopic (exact) mass is 570 g/mol. The quantitative estimate of drug-likeness (QED) is 0.134. The van der Waals surface area contributed by atoms with Crippen LogP contribution >= 0.6 is 34.8 Å². The lowest BCUT2D eigenvalue weighted by molar-refractivity contribution is -0.274. The van der Waals surface area contributed by atoms with Gasteiger partial charge in [-0.3, -0.25) is 0 Å². The second kappa shape index (κ2) is 11.2. The van der Waals surface area contributed by atoms with Gasteiger partial charge in [0.1, 0.15) is 11.6 Å². The SMILES string of the molecule is Fc1cccc(Cl)c1-c1nc(NN=Cc2ccc(OC(F)(F)F)cc2)nc(Nc2cc(Cl)cc(Cl)c2)n1. The molecule has 1 aromatic heterocycles. The van der Waals surface area contributed by atoms with Crippen LogP contribution in [0.25, 0.3) is 11.4 Å². The van der Waals surface area contributed by atoms with Gasteiger partial charge in [-0.15, -0.1) is 13.2 Å². The topological polar surface area (TPSA) is 84.3 Å². The Bertz CT molecular complexity index is 1410. The number of ether oxygens (including phenoxy) is 1. The van der Waals surface area contributed by atoms with E-state index >= 15 is 0 Å². The minimum absolute atomic E-state index is 0.00555. The summed E-state index contributed by atoms with van der Waals surface area (Å²) in [4.78, 5) is 12.6. The highest BCUT2D eigenvalue weighted by Crippen LogP contribution is 2.30. The van der Waals surface area contributed by atoms with Crippen molar-refractivity contribution in [1.82, 2.24) is 15.0 Å². The first-order chi connectivity index (χ1) is 17.6. The molecular weight excluding hydrogens is 559 g/mol. The molecule has 4 aromatic rings. The number of hydrogen-bond acceptors (Lipinski definition) is 7. The van der Waals surface area contributed by atoms with Crippen molar-refractivity contribution in [2.75, 3.05) is 10.7 Å². The molecule has 14 heteroatoms. The molecule has 0 radical (unpaired) electrons. The van der Waals surface area contributed by atoms with E-state index in [1.807, 2.05) is 0 Å². The van der Waals surface area contributed by atoms with Gasteiger partial charge in [0.2, 0.25) is 11.9 Å². The van der Waals surface area contributed by atoms with Crippen molar-refractivity contribution < 1.29 is 22.3 Å². The number of anilines is 3. The van der Waals surface area contributed by atoms with Gasteiger partial charge >= 0.3 is 6.36 Å². The summed E-state index contributed by atoms with van der Waals surface area (Å²) in [7, 11) is 0. The zero-order valence-electron chi connectivity index (χ0n) is 18.2. The number of rotatable bonds is 7. The molecule has 0 aliphatic carbocycles. The molecule has 0 spiro atoms. The number of halogens is 7. The van der Waals surface area contributed by atoms with E-state index in [0.29, 0.717) is 21.3 Å². The molecule has 2 N–H and O–H groups in total. The number of nitrogens with zero attached hydrogens (tertiary/aromatic N) is 4. The fourth-order valence-electron chi connectivity index (χ4n) is 2.98. The summed E-state index contributed by atoms with van der Waals surface area (Å²) in [5.41, 5.74) is 3.41. The van der Waals surface area contributed by atoms with E-state index in [1.165, 1.54) is 42.6 Å². The Labute approximate surface area is 222 Å². The van der Waals surface area contributed by atoms with Gasteiger partial charge in [0.15, 0.2) is 5.82 Å². The minimum Gasteiger partial charge on any atom is -0.406 e. The molecule has 4 rings (SSSR count). The number of benzene rings is 3. The largest absolute Gasteiger partial charge is 0.573 e. The van der Waals surface area contributed by atoms with Gasteiger partial charge in [-0.05, 0) is 60.2 Å². The van der Waals surface area contributed by atoms with Crippen LogP contribution in [0.2, 0.25) is 15.1 Å². The van der Waals surface area contributed by atoms with Crippen molar-refractivity contribution in [2.45, 2.75) is 6.36 Å². The Balaban J connectivity index is 1.62. The van der Waals surface area contributed by atoms with Gasteiger partial charge in [-0.1, -0.05) is 40.9 Å². The highest BCUT2D eigenvalue weighted by atomic mass is 35.5. The van der Waals surface area contributed by atoms with Crippen molar-refractivity contribution in [1.29, 1.82) is 0 Å². The minimum atomic E-state index is -4.79. The molecule has 0 saturated carbocycles. The fourth-order valence-corrected chi connectivity index (χ4v) is 3.75. The van der Waals surface area contributed by atoms with E-state index in [-0.39, 0.29) is 34.1 Å². The highest BCUT2D eigenvalue weighted by molar-refractivity contribution is 6.35. The highest BCUT2D eigenvalue weighted by Gasteiger charge is 2.30. The van der Waals surface area contributed by atoms with Gasteiger partial charge in [-0.2, -0.15) is 20.1 Å². The fraction of sp³-hybridized carbons (Fsp3) is 0.0435. The zero-order chi connectivity index (χ0) is 26.6. The van der Waals surface area contributed by atoms with Gasteiger partial charge in [0, 0.05) is 15.7 Å². The summed E-state index contributed by atoms with van der Waals surface area (Å²) in [5, 5.41) is 7.68. The van der Waals surface area contributed by atoms with Crippen molar-refractivity contribution in [3.8, 4) is 17.1 Å². The van der Waals surface area contributed by atoms with Crippen LogP contribution in [0.3, 0.4) is 0 Å². The summed E-state index contributed by atoms with van der Waals surface area (Å²) in [5.74, 6) is -1.23. The molecule has 0 aliphatic heterocycles. The van der Waals surface area contributed by atoms with Crippen LogP contribution in [0.4, 0.5) is 35.1 Å². The second-order valence-electron chi connectivity index (χ2n) is 7.17. The molecule has 0 unspecified atom stereocenters. The van der Waals surface area contributed by atoms with Crippen molar-refractivity contribution in [3.05, 3.63) is 87.1 Å². The van der Waals surface area contributed by atoms with Gasteiger partial charge in [0.05, 0.1) is 16.8 Å². The first kappa shape index (κ1) is 26.4. The number of hydrazone groups is 1. The van der Waals surface area contributed by atoms with E-state index in [0.717, 1.165) is 12.1 Å². The molecule has 0 saturated heterocycles. The lowest BCUT2D eigenvalue weighted by Gasteiger charge is -2.11. The summed E-state index contributed by atoms with van der Waals surface area (Å²) in [6.45, 7) is 0. The maximum atomic E-state index is 14.6. The van der Waals surface area contributed by atoms with Crippen LogP contribution in [0.5, 0.6) is 5.75 Å². The normalized spacial score (nSPS) is 11.5. The smallest absolute Gasteiger partial charge is 0.406 e. The maximum Gasteiger partial charge on any atom is 0.573 e. The molecule has 0 amide bonds. The van der Waals surface area contributed by atoms with Crippen LogP contribution in [0, 0.1) is 5.82 Å². The van der Waals surface area contributed by atoms with Crippen molar-refractivity contribution in [3.63, 3.8) is 0 Å². The van der Waals surface area contributed by atoms with Gasteiger partial charge in [0.25, 0.3) is 0 Å². The Morgan fingerprint density at radius 2 is 1.54 bits per heavy atom. The summed E-state index contributed by atoms with van der Waals surface area (Å²) in [6, 6.07) is 13.8. The number of hydrogen-bond donors (Lipinski definition) is 2. The summed E-state index contributed by atoms with van der Waals surface area (Å²) in [6.07, 6.45) is -3.49. The first-order valence-corrected chi connectivity index (χ1v) is 11.3. The van der Waals surface area contributed by atoms with Crippen molar-refractivity contribution >= 4 is 58.6 Å². The molecule has 0 bridgehead atoms. The second-order valence-corrected chi connectivity index (χ2v) is 8.45. The van der Waals surface area contributed by atoms with Crippen LogP contribution in [0.15, 0.2) is 65.8 Å². The molecule has 0 fully saturated rings. The molecular formula is C23H13Cl3F4N6O. The summed E-state index contributed by atoms with van der Waals surface area (Å²) < 4.78 is 55.4. The molecule has 190 valence electrons. The number of nitrogens with one attached hydrogen (secondary N) is 2. The first-order valence-electron chi connectivity index (χ1n) is 10.1. The van der Waals surface area contributed by atoms with Gasteiger partial charge < -0.3 is 10.1 Å². The predicted molar refractivity (Wildman–Crippen MR) is 134 cm³/mol. The molecule has 3 aromatic carbocycles. The lowest BCUT2D eigenvalue weighted by Crippen LogP contribution is -2.17. The Morgan fingerprint density at radius 3 is 2.19 bits per heavy atom. The third-order valence-corrected chi connectivity index (χ3v) is 5.18. The van der Waals surface area contributed by atoms with Crippen LogP contribution < -0.4 is 15.5 Å². The molecule has 0 atom stereocenters. The van der Waals surface area contributed by atoms with E-state index in [2.05, 4.69) is 35.5 Å². The standard InChI is InChI=1S/C23H13Cl3F4N6O/c24-13-8-14(25)10-15(9-13)32-21-33-20(19-17(26)2-1-3-18(19)27)34-22(35-21)36-31-11-12-4-6-16(7-5-12)37-23(28,29)30/h1-11H,(H2,32,33,34,35,36). The maximum absolute atomic E-state index is 14.6. The average molecular weight is 572 g/mol. The zero-order valence-corrected chi connectivity index (χ0v) is 20.5. The predicted octanol–water partition coefficient (Wildman–Crippen LogP) is 7.73. The number of alkyl halides is 3. The molecule has 7 nitrogen and oxygen atoms in total. The lowest BCUT2D eigenvalue weighted by atomic mass is 10.2. The third-order valence-electron chi connectivity index (χ3n) is 4.43. The van der Waals surface area contributed by atoms with Crippen LogP contribution in [0.1, 0.15) is 5.56 Å². The summed E-state index contributed by atoms with van der Waals surface area (Å²) >= 11 is 18.3. The molecule has 0 aliphatic rings. The van der Waals surface area contributed by atoms with E-state index in [9.17, 15) is 17.6 Å². The van der Waals surface area contributed by atoms with Crippen LogP contribution in [-0.2, 0) is 0 Å². The third kappa shape index (κ3) is 7.42. The van der Waals surface area contributed by atoms with E-state index in [4.69, 9.17) is 34.8 Å². The molecule has 1 heterocycles. The molecule has 37 heavy (non-hydrogen) atoms. The Hall–Kier alpha value is -3.67. The Morgan fingerprint density at radius 1 is 0.865 bits per heavy atom.